The van der Waals surface area contributed by atoms with Crippen molar-refractivity contribution in [2.45, 2.75) is 51.7 Å². The maximum atomic E-state index is 6.11. The van der Waals surface area contributed by atoms with Crippen molar-refractivity contribution in [2.24, 2.45) is 5.92 Å². The minimum atomic E-state index is 0.434. The second-order valence-corrected chi connectivity index (χ2v) is 6.11. The van der Waals surface area contributed by atoms with Crippen LogP contribution in [0.2, 0.25) is 0 Å². The Balaban J connectivity index is 1.93. The van der Waals surface area contributed by atoms with E-state index in [1.807, 2.05) is 12.1 Å². The Hall–Kier alpha value is -0.540. The number of anilines is 1. The van der Waals surface area contributed by atoms with E-state index in [0.717, 1.165) is 21.6 Å². The molecule has 1 aromatic rings. The van der Waals surface area contributed by atoms with Gasteiger partial charge in [-0.2, -0.15) is 0 Å². The average molecular weight is 312 g/mol. The summed E-state index contributed by atoms with van der Waals surface area (Å²) in [6.45, 7) is 2.94. The van der Waals surface area contributed by atoms with E-state index in [2.05, 4.69) is 28.9 Å². The summed E-state index contributed by atoms with van der Waals surface area (Å²) >= 11 is 3.47. The van der Waals surface area contributed by atoms with Crippen LogP contribution in [-0.4, -0.2) is 6.10 Å². The minimum Gasteiger partial charge on any atom is -0.399 e. The van der Waals surface area contributed by atoms with Gasteiger partial charge in [0.1, 0.15) is 0 Å². The molecule has 0 aliphatic heterocycles. The topological polar surface area (TPSA) is 35.2 Å². The van der Waals surface area contributed by atoms with E-state index in [9.17, 15) is 0 Å². The molecular weight excluding hydrogens is 290 g/mol. The number of halogens is 1. The van der Waals surface area contributed by atoms with Crippen LogP contribution in [0.5, 0.6) is 0 Å². The summed E-state index contributed by atoms with van der Waals surface area (Å²) < 4.78 is 7.13. The van der Waals surface area contributed by atoms with Crippen molar-refractivity contribution >= 4 is 21.6 Å². The first-order valence-electron chi connectivity index (χ1n) is 6.85. The molecule has 1 fully saturated rings. The highest BCUT2D eigenvalue weighted by Crippen LogP contribution is 2.30. The van der Waals surface area contributed by atoms with Crippen LogP contribution < -0.4 is 5.73 Å². The maximum Gasteiger partial charge on any atom is 0.0721 e. The van der Waals surface area contributed by atoms with Gasteiger partial charge in [0.15, 0.2) is 0 Å². The summed E-state index contributed by atoms with van der Waals surface area (Å²) in [5.74, 6) is 0.739. The zero-order chi connectivity index (χ0) is 13.0. The van der Waals surface area contributed by atoms with E-state index in [1.54, 1.807) is 0 Å². The zero-order valence-electron chi connectivity index (χ0n) is 11.0. The highest BCUT2D eigenvalue weighted by molar-refractivity contribution is 9.10. The molecule has 1 aliphatic rings. The van der Waals surface area contributed by atoms with Gasteiger partial charge in [0.05, 0.1) is 12.7 Å². The molecule has 0 aromatic heterocycles. The van der Waals surface area contributed by atoms with Gasteiger partial charge in [-0.15, -0.1) is 0 Å². The molecule has 0 saturated heterocycles. The molecule has 2 nitrogen and oxygen atoms in total. The molecule has 18 heavy (non-hydrogen) atoms. The fraction of sp³-hybridized carbons (Fsp3) is 0.600. The van der Waals surface area contributed by atoms with E-state index in [4.69, 9.17) is 10.5 Å². The van der Waals surface area contributed by atoms with Gasteiger partial charge >= 0.3 is 0 Å². The lowest BCUT2D eigenvalue weighted by Gasteiger charge is -2.30. The van der Waals surface area contributed by atoms with Crippen LogP contribution in [0.1, 0.15) is 44.6 Å². The Morgan fingerprint density at radius 2 is 2.06 bits per heavy atom. The Morgan fingerprint density at radius 1 is 1.28 bits per heavy atom. The van der Waals surface area contributed by atoms with Crippen molar-refractivity contribution in [1.82, 2.24) is 0 Å². The monoisotopic (exact) mass is 311 g/mol. The molecule has 2 N–H and O–H groups in total. The number of nitrogens with two attached hydrogens (primary N) is 1. The first-order chi connectivity index (χ1) is 8.69. The normalized spacial score (nSPS) is 24.1. The number of ether oxygens (including phenoxy) is 1. The predicted molar refractivity (Wildman–Crippen MR) is 79.4 cm³/mol. The lowest BCUT2D eigenvalue weighted by molar-refractivity contribution is -0.0221. The highest BCUT2D eigenvalue weighted by atomic mass is 79.9. The highest BCUT2D eigenvalue weighted by Gasteiger charge is 2.24. The lowest BCUT2D eigenvalue weighted by Crippen LogP contribution is -2.27. The van der Waals surface area contributed by atoms with E-state index in [-0.39, 0.29) is 0 Å². The van der Waals surface area contributed by atoms with Gasteiger partial charge in [-0.25, -0.2) is 0 Å². The zero-order valence-corrected chi connectivity index (χ0v) is 12.6. The van der Waals surface area contributed by atoms with E-state index in [0.29, 0.717) is 12.7 Å². The van der Waals surface area contributed by atoms with E-state index in [1.165, 1.54) is 32.1 Å². The van der Waals surface area contributed by atoms with Crippen molar-refractivity contribution in [1.29, 1.82) is 0 Å². The van der Waals surface area contributed by atoms with Crippen LogP contribution in [0.3, 0.4) is 0 Å². The van der Waals surface area contributed by atoms with Gasteiger partial charge < -0.3 is 10.5 Å². The van der Waals surface area contributed by atoms with Crippen molar-refractivity contribution < 1.29 is 4.74 Å². The van der Waals surface area contributed by atoms with Crippen molar-refractivity contribution in [2.75, 3.05) is 5.73 Å². The van der Waals surface area contributed by atoms with Crippen LogP contribution in [0.4, 0.5) is 5.69 Å². The Kier molecular flexibility index (Phi) is 5.07. The average Bonchev–Trinajstić information content (AvgIpc) is 2.35. The maximum absolute atomic E-state index is 6.11. The molecule has 1 aliphatic carbocycles. The SMILES string of the molecule is CCC1CCCCC1OCc1cc(N)cc(Br)c1. The summed E-state index contributed by atoms with van der Waals surface area (Å²) in [6.07, 6.45) is 6.86. The molecule has 100 valence electrons. The largest absolute Gasteiger partial charge is 0.399 e. The minimum absolute atomic E-state index is 0.434. The van der Waals surface area contributed by atoms with E-state index < -0.39 is 0 Å². The quantitative estimate of drug-likeness (QED) is 0.830. The van der Waals surface area contributed by atoms with Crippen LogP contribution >= 0.6 is 15.9 Å². The lowest BCUT2D eigenvalue weighted by atomic mass is 9.85. The molecule has 2 rings (SSSR count). The number of nitrogen functional groups attached to an aromatic ring is 1. The second-order valence-electron chi connectivity index (χ2n) is 5.20. The van der Waals surface area contributed by atoms with Crippen LogP contribution in [0, 0.1) is 5.92 Å². The number of benzene rings is 1. The Labute approximate surface area is 118 Å². The van der Waals surface area contributed by atoms with Gasteiger partial charge in [0, 0.05) is 10.2 Å². The van der Waals surface area contributed by atoms with Gasteiger partial charge in [-0.05, 0) is 42.5 Å². The van der Waals surface area contributed by atoms with Gasteiger partial charge in [0.25, 0.3) is 0 Å². The molecule has 3 heteroatoms. The first-order valence-corrected chi connectivity index (χ1v) is 7.65. The molecule has 0 radical (unpaired) electrons. The summed E-state index contributed by atoms with van der Waals surface area (Å²) in [5, 5.41) is 0. The number of rotatable bonds is 4. The summed E-state index contributed by atoms with van der Waals surface area (Å²) in [5.41, 5.74) is 7.78. The number of hydrogen-bond acceptors (Lipinski definition) is 2. The fourth-order valence-electron chi connectivity index (χ4n) is 2.82. The molecule has 2 unspecified atom stereocenters. The summed E-state index contributed by atoms with van der Waals surface area (Å²) in [4.78, 5) is 0. The fourth-order valence-corrected chi connectivity index (χ4v) is 3.38. The van der Waals surface area contributed by atoms with E-state index >= 15 is 0 Å². The molecule has 1 saturated carbocycles. The number of hydrogen-bond donors (Lipinski definition) is 1. The Morgan fingerprint density at radius 3 is 2.78 bits per heavy atom. The molecule has 0 amide bonds. The predicted octanol–water partition coefficient (Wildman–Crippen LogP) is 4.52. The second kappa shape index (κ2) is 6.58. The van der Waals surface area contributed by atoms with Crippen molar-refractivity contribution in [3.05, 3.63) is 28.2 Å². The molecule has 0 heterocycles. The Bertz CT molecular complexity index is 374. The first kappa shape index (κ1) is 13.9. The van der Waals surface area contributed by atoms with Gasteiger partial charge in [-0.1, -0.05) is 42.1 Å². The van der Waals surface area contributed by atoms with Crippen LogP contribution in [-0.2, 0) is 11.3 Å². The summed E-state index contributed by atoms with van der Waals surface area (Å²) in [7, 11) is 0. The third-order valence-electron chi connectivity index (χ3n) is 3.81. The standard InChI is InChI=1S/C15H22BrNO/c1-2-12-5-3-4-6-15(12)18-10-11-7-13(16)9-14(17)8-11/h7-9,12,15H,2-6,10,17H2,1H3. The molecule has 1 aromatic carbocycles. The molecule has 0 spiro atoms. The third-order valence-corrected chi connectivity index (χ3v) is 4.27. The van der Waals surface area contributed by atoms with Crippen LogP contribution in [0.15, 0.2) is 22.7 Å². The third kappa shape index (κ3) is 3.72. The molecule has 2 atom stereocenters. The molecule has 0 bridgehead atoms. The molecular formula is C15H22BrNO. The summed E-state index contributed by atoms with van der Waals surface area (Å²) in [6, 6.07) is 5.99. The van der Waals surface area contributed by atoms with Crippen molar-refractivity contribution in [3.8, 4) is 0 Å². The van der Waals surface area contributed by atoms with Crippen LogP contribution in [0.25, 0.3) is 0 Å². The van der Waals surface area contributed by atoms with Gasteiger partial charge in [0.2, 0.25) is 0 Å². The van der Waals surface area contributed by atoms with Gasteiger partial charge in [-0.3, -0.25) is 0 Å². The smallest absolute Gasteiger partial charge is 0.0721 e. The van der Waals surface area contributed by atoms with Crippen molar-refractivity contribution in [3.63, 3.8) is 0 Å².